The van der Waals surface area contributed by atoms with Gasteiger partial charge in [-0.1, -0.05) is 24.6 Å². The highest BCUT2D eigenvalue weighted by atomic mass is 32.2. The second-order valence-electron chi connectivity index (χ2n) is 7.27. The summed E-state index contributed by atoms with van der Waals surface area (Å²) in [5, 5.41) is 2.83. The summed E-state index contributed by atoms with van der Waals surface area (Å²) in [5.74, 6) is -0.219. The Bertz CT molecular complexity index is 920. The zero-order valence-electron chi connectivity index (χ0n) is 16.4. The Morgan fingerprint density at radius 2 is 1.75 bits per heavy atom. The highest BCUT2D eigenvalue weighted by Crippen LogP contribution is 2.21. The van der Waals surface area contributed by atoms with Crippen LogP contribution in [0.5, 0.6) is 0 Å². The number of likely N-dealkylation sites (tertiary alicyclic amines) is 1. The highest BCUT2D eigenvalue weighted by molar-refractivity contribution is 7.92. The molecule has 0 aromatic heterocycles. The van der Waals surface area contributed by atoms with Crippen molar-refractivity contribution in [2.24, 2.45) is 0 Å². The molecule has 28 heavy (non-hydrogen) atoms. The van der Waals surface area contributed by atoms with Gasteiger partial charge in [-0.15, -0.1) is 0 Å². The fourth-order valence-electron chi connectivity index (χ4n) is 3.31. The first kappa shape index (κ1) is 20.4. The quantitative estimate of drug-likeness (QED) is 0.806. The predicted molar refractivity (Wildman–Crippen MR) is 113 cm³/mol. The van der Waals surface area contributed by atoms with Gasteiger partial charge in [-0.05, 0) is 61.8 Å². The second-order valence-corrected chi connectivity index (χ2v) is 9.28. The maximum absolute atomic E-state index is 12.5. The van der Waals surface area contributed by atoms with Crippen LogP contribution in [-0.2, 0) is 16.6 Å². The lowest BCUT2D eigenvalue weighted by molar-refractivity contribution is 0.102. The molecule has 150 valence electrons. The van der Waals surface area contributed by atoms with Gasteiger partial charge in [-0.3, -0.25) is 14.0 Å². The van der Waals surface area contributed by atoms with Crippen LogP contribution in [0.4, 0.5) is 11.4 Å². The molecule has 0 spiro atoms. The number of nitrogens with zero attached hydrogens (tertiary/aromatic N) is 2. The average molecular weight is 402 g/mol. The summed E-state index contributed by atoms with van der Waals surface area (Å²) >= 11 is 0. The lowest BCUT2D eigenvalue weighted by Gasteiger charge is -2.26. The molecule has 1 amide bonds. The molecule has 7 heteroatoms. The van der Waals surface area contributed by atoms with E-state index in [4.69, 9.17) is 0 Å². The Labute approximate surface area is 167 Å². The van der Waals surface area contributed by atoms with Gasteiger partial charge in [-0.2, -0.15) is 0 Å². The van der Waals surface area contributed by atoms with E-state index in [1.165, 1.54) is 36.2 Å². The summed E-state index contributed by atoms with van der Waals surface area (Å²) in [5.41, 5.74) is 2.83. The van der Waals surface area contributed by atoms with Crippen molar-refractivity contribution in [3.8, 4) is 0 Å². The van der Waals surface area contributed by atoms with Gasteiger partial charge in [0.05, 0.1) is 11.9 Å². The van der Waals surface area contributed by atoms with Gasteiger partial charge in [0.2, 0.25) is 10.0 Å². The number of carbonyl (C=O) groups excluding carboxylic acids is 1. The maximum atomic E-state index is 12.5. The largest absolute Gasteiger partial charge is 0.322 e. The molecule has 1 fully saturated rings. The van der Waals surface area contributed by atoms with E-state index in [-0.39, 0.29) is 5.91 Å². The van der Waals surface area contributed by atoms with Crippen LogP contribution in [0.3, 0.4) is 0 Å². The number of hydrogen-bond donors (Lipinski definition) is 1. The minimum absolute atomic E-state index is 0.219. The Morgan fingerprint density at radius 3 is 2.39 bits per heavy atom. The maximum Gasteiger partial charge on any atom is 0.255 e. The van der Waals surface area contributed by atoms with Gasteiger partial charge >= 0.3 is 0 Å². The molecule has 1 aliphatic rings. The number of rotatable bonds is 6. The van der Waals surface area contributed by atoms with Crippen LogP contribution >= 0.6 is 0 Å². The highest BCUT2D eigenvalue weighted by Gasteiger charge is 2.14. The second kappa shape index (κ2) is 8.75. The first-order valence-corrected chi connectivity index (χ1v) is 11.3. The lowest BCUT2D eigenvalue weighted by atomic mass is 10.1. The number of hydrogen-bond acceptors (Lipinski definition) is 4. The number of amides is 1. The smallest absolute Gasteiger partial charge is 0.255 e. The van der Waals surface area contributed by atoms with Crippen LogP contribution in [0.2, 0.25) is 0 Å². The van der Waals surface area contributed by atoms with Crippen molar-refractivity contribution in [1.82, 2.24) is 4.90 Å². The van der Waals surface area contributed by atoms with Crippen molar-refractivity contribution in [2.75, 3.05) is 36.0 Å². The van der Waals surface area contributed by atoms with Gasteiger partial charge in [0.1, 0.15) is 0 Å². The van der Waals surface area contributed by atoms with Crippen molar-refractivity contribution >= 4 is 27.3 Å². The van der Waals surface area contributed by atoms with Crippen molar-refractivity contribution in [2.45, 2.75) is 25.8 Å². The Morgan fingerprint density at radius 1 is 1.07 bits per heavy atom. The zero-order valence-corrected chi connectivity index (χ0v) is 17.2. The molecule has 1 aliphatic heterocycles. The normalized spacial score (nSPS) is 15.2. The molecule has 0 saturated carbocycles. The van der Waals surface area contributed by atoms with Gasteiger partial charge < -0.3 is 5.32 Å². The van der Waals surface area contributed by atoms with Crippen molar-refractivity contribution in [3.05, 3.63) is 59.7 Å². The van der Waals surface area contributed by atoms with E-state index >= 15 is 0 Å². The molecule has 0 bridgehead atoms. The third-order valence-electron chi connectivity index (χ3n) is 5.04. The van der Waals surface area contributed by atoms with E-state index in [1.54, 1.807) is 24.3 Å². The van der Waals surface area contributed by atoms with Crippen LogP contribution in [0.1, 0.15) is 35.2 Å². The number of benzene rings is 2. The summed E-state index contributed by atoms with van der Waals surface area (Å²) in [6.07, 6.45) is 4.97. The van der Waals surface area contributed by atoms with Gasteiger partial charge in [0.25, 0.3) is 5.91 Å². The SMILES string of the molecule is CN(c1cccc(NC(=O)c2ccc(CN3CCCCC3)cc2)c1)S(C)(=O)=O. The molecular weight excluding hydrogens is 374 g/mol. The topological polar surface area (TPSA) is 69.7 Å². The van der Waals surface area contributed by atoms with E-state index in [0.717, 1.165) is 25.9 Å². The first-order chi connectivity index (χ1) is 13.3. The van der Waals surface area contributed by atoms with E-state index in [9.17, 15) is 13.2 Å². The van der Waals surface area contributed by atoms with Crippen LogP contribution in [0, 0.1) is 0 Å². The third-order valence-corrected chi connectivity index (χ3v) is 6.24. The summed E-state index contributed by atoms with van der Waals surface area (Å²) in [4.78, 5) is 15.0. The number of anilines is 2. The molecule has 0 atom stereocenters. The van der Waals surface area contributed by atoms with Gasteiger partial charge in [0.15, 0.2) is 0 Å². The summed E-state index contributed by atoms with van der Waals surface area (Å²) < 4.78 is 24.6. The minimum atomic E-state index is -3.35. The van der Waals surface area contributed by atoms with E-state index < -0.39 is 10.0 Å². The molecule has 0 aliphatic carbocycles. The molecule has 6 nitrogen and oxygen atoms in total. The number of carbonyl (C=O) groups is 1. The summed E-state index contributed by atoms with van der Waals surface area (Å²) in [6, 6.07) is 14.4. The molecule has 0 unspecified atom stereocenters. The summed E-state index contributed by atoms with van der Waals surface area (Å²) in [7, 11) is -1.87. The van der Waals surface area contributed by atoms with Crippen molar-refractivity contribution < 1.29 is 13.2 Å². The molecule has 2 aromatic rings. The first-order valence-electron chi connectivity index (χ1n) is 9.49. The van der Waals surface area contributed by atoms with Crippen molar-refractivity contribution in [3.63, 3.8) is 0 Å². The molecule has 1 heterocycles. The van der Waals surface area contributed by atoms with Gasteiger partial charge in [-0.25, -0.2) is 8.42 Å². The van der Waals surface area contributed by atoms with E-state index in [2.05, 4.69) is 10.2 Å². The van der Waals surface area contributed by atoms with Crippen LogP contribution in [0.25, 0.3) is 0 Å². The number of nitrogens with one attached hydrogen (secondary N) is 1. The van der Waals surface area contributed by atoms with Crippen LogP contribution in [0.15, 0.2) is 48.5 Å². The third kappa shape index (κ3) is 5.33. The van der Waals surface area contributed by atoms with Gasteiger partial charge in [0, 0.05) is 24.8 Å². The lowest BCUT2D eigenvalue weighted by Crippen LogP contribution is -2.29. The average Bonchev–Trinajstić information content (AvgIpc) is 2.68. The molecule has 1 N–H and O–H groups in total. The standard InChI is InChI=1S/C21H27N3O3S/c1-23(28(2,26)27)20-8-6-7-19(15-20)22-21(25)18-11-9-17(10-12-18)16-24-13-4-3-5-14-24/h6-12,15H,3-5,13-14,16H2,1-2H3,(H,22,25). The van der Waals surface area contributed by atoms with E-state index in [1.807, 2.05) is 24.3 Å². The minimum Gasteiger partial charge on any atom is -0.322 e. The number of piperidine rings is 1. The Balaban J connectivity index is 1.64. The van der Waals surface area contributed by atoms with Crippen molar-refractivity contribution in [1.29, 1.82) is 0 Å². The Hall–Kier alpha value is -2.38. The fourth-order valence-corrected chi connectivity index (χ4v) is 3.81. The zero-order chi connectivity index (χ0) is 20.1. The summed E-state index contributed by atoms with van der Waals surface area (Å²) in [6.45, 7) is 3.20. The van der Waals surface area contributed by atoms with Crippen LogP contribution in [-0.4, -0.2) is 45.6 Å². The molecule has 3 rings (SSSR count). The fraction of sp³-hybridized carbons (Fsp3) is 0.381. The monoisotopic (exact) mass is 401 g/mol. The molecule has 2 aromatic carbocycles. The molecule has 0 radical (unpaired) electrons. The molecule has 1 saturated heterocycles. The Kier molecular flexibility index (Phi) is 6.36. The predicted octanol–water partition coefficient (Wildman–Crippen LogP) is 3.32. The van der Waals surface area contributed by atoms with Crippen LogP contribution < -0.4 is 9.62 Å². The number of sulfonamides is 1. The molecular formula is C21H27N3O3S. The van der Waals surface area contributed by atoms with E-state index in [0.29, 0.717) is 16.9 Å².